The molecule has 2 atom stereocenters. The minimum atomic E-state index is 0.0506. The van der Waals surface area contributed by atoms with Crippen LogP contribution in [0.5, 0.6) is 0 Å². The number of carbonyl (C=O) groups excluding carboxylic acids is 1. The van der Waals surface area contributed by atoms with E-state index in [1.165, 1.54) is 5.56 Å². The first-order chi connectivity index (χ1) is 10.6. The summed E-state index contributed by atoms with van der Waals surface area (Å²) in [5.41, 5.74) is 2.26. The van der Waals surface area contributed by atoms with E-state index in [1.54, 1.807) is 18.5 Å². The molecule has 1 N–H and O–H groups in total. The van der Waals surface area contributed by atoms with Crippen LogP contribution in [0.1, 0.15) is 23.5 Å². The summed E-state index contributed by atoms with van der Waals surface area (Å²) in [6.45, 7) is 0.646. The van der Waals surface area contributed by atoms with Crippen LogP contribution in [0.3, 0.4) is 0 Å². The fourth-order valence-corrected chi connectivity index (χ4v) is 2.91. The van der Waals surface area contributed by atoms with Crippen molar-refractivity contribution < 1.29 is 4.79 Å². The van der Waals surface area contributed by atoms with E-state index in [-0.39, 0.29) is 17.7 Å². The third kappa shape index (κ3) is 3.60. The molecule has 0 radical (unpaired) electrons. The first-order valence-electron chi connectivity index (χ1n) is 7.26. The van der Waals surface area contributed by atoms with Gasteiger partial charge in [-0.1, -0.05) is 29.3 Å². The number of carbonyl (C=O) groups is 1. The fourth-order valence-electron chi connectivity index (χ4n) is 2.61. The minimum Gasteiger partial charge on any atom is -0.356 e. The average molecular weight is 335 g/mol. The quantitative estimate of drug-likeness (QED) is 0.902. The molecule has 1 aromatic carbocycles. The average Bonchev–Trinajstić information content (AvgIpc) is 3.32. The van der Waals surface area contributed by atoms with Gasteiger partial charge >= 0.3 is 0 Å². The Hall–Kier alpha value is -1.58. The Balaban J connectivity index is 1.49. The van der Waals surface area contributed by atoms with Gasteiger partial charge in [-0.15, -0.1) is 0 Å². The maximum Gasteiger partial charge on any atom is 0.223 e. The maximum atomic E-state index is 12.1. The molecule has 0 saturated heterocycles. The number of amides is 1. The van der Waals surface area contributed by atoms with Crippen LogP contribution >= 0.6 is 23.2 Å². The predicted molar refractivity (Wildman–Crippen MR) is 88.3 cm³/mol. The van der Waals surface area contributed by atoms with Crippen LogP contribution in [0.25, 0.3) is 0 Å². The van der Waals surface area contributed by atoms with Gasteiger partial charge in [0.15, 0.2) is 0 Å². The molecular formula is C17H16Cl2N2O. The standard InChI is InChI=1S/C17H16Cl2N2O/c18-15-2-1-12(9-16(15)19)13-10-14(13)17(22)21-8-5-11-3-6-20-7-4-11/h1-4,6-7,9,13-14H,5,8,10H2,(H,21,22)/t13-,14-/m1/s1. The van der Waals surface area contributed by atoms with Crippen LogP contribution in [0.2, 0.25) is 10.0 Å². The Labute approximate surface area is 139 Å². The van der Waals surface area contributed by atoms with E-state index in [4.69, 9.17) is 23.2 Å². The molecule has 1 amide bonds. The van der Waals surface area contributed by atoms with Crippen LogP contribution in [-0.2, 0) is 11.2 Å². The lowest BCUT2D eigenvalue weighted by molar-refractivity contribution is -0.122. The Morgan fingerprint density at radius 1 is 1.18 bits per heavy atom. The van der Waals surface area contributed by atoms with Gasteiger partial charge in [-0.2, -0.15) is 0 Å². The third-order valence-electron chi connectivity index (χ3n) is 3.96. The van der Waals surface area contributed by atoms with Gasteiger partial charge in [-0.3, -0.25) is 9.78 Å². The first-order valence-corrected chi connectivity index (χ1v) is 8.02. The molecule has 1 aliphatic rings. The number of pyridine rings is 1. The van der Waals surface area contributed by atoms with Crippen molar-refractivity contribution in [3.8, 4) is 0 Å². The van der Waals surface area contributed by atoms with Crippen LogP contribution < -0.4 is 5.32 Å². The molecule has 0 aliphatic heterocycles. The van der Waals surface area contributed by atoms with Crippen LogP contribution in [0.4, 0.5) is 0 Å². The molecule has 22 heavy (non-hydrogen) atoms. The summed E-state index contributed by atoms with van der Waals surface area (Å²) in [7, 11) is 0. The van der Waals surface area contributed by atoms with E-state index < -0.39 is 0 Å². The topological polar surface area (TPSA) is 42.0 Å². The van der Waals surface area contributed by atoms with Crippen molar-refractivity contribution >= 4 is 29.1 Å². The van der Waals surface area contributed by atoms with E-state index in [0.29, 0.717) is 16.6 Å². The highest BCUT2D eigenvalue weighted by Crippen LogP contribution is 2.48. The lowest BCUT2D eigenvalue weighted by atomic mass is 10.1. The SMILES string of the molecule is O=C(NCCc1ccncc1)[C@@H]1C[C@@H]1c1ccc(Cl)c(Cl)c1. The van der Waals surface area contributed by atoms with Crippen LogP contribution in [-0.4, -0.2) is 17.4 Å². The molecular weight excluding hydrogens is 319 g/mol. The van der Waals surface area contributed by atoms with Crippen LogP contribution in [0.15, 0.2) is 42.7 Å². The van der Waals surface area contributed by atoms with Crippen molar-refractivity contribution in [3.63, 3.8) is 0 Å². The number of hydrogen-bond acceptors (Lipinski definition) is 2. The predicted octanol–water partition coefficient (Wildman–Crippen LogP) is 3.85. The zero-order valence-electron chi connectivity index (χ0n) is 11.9. The minimum absolute atomic E-state index is 0.0506. The van der Waals surface area contributed by atoms with E-state index in [0.717, 1.165) is 18.4 Å². The van der Waals surface area contributed by atoms with Gasteiger partial charge in [0.1, 0.15) is 0 Å². The van der Waals surface area contributed by atoms with E-state index in [9.17, 15) is 4.79 Å². The highest BCUT2D eigenvalue weighted by Gasteiger charge is 2.43. The summed E-state index contributed by atoms with van der Waals surface area (Å²) in [6.07, 6.45) is 5.22. The Morgan fingerprint density at radius 3 is 2.68 bits per heavy atom. The Morgan fingerprint density at radius 2 is 1.95 bits per heavy atom. The molecule has 1 saturated carbocycles. The second-order valence-corrected chi connectivity index (χ2v) is 6.33. The van der Waals surface area contributed by atoms with Crippen molar-refractivity contribution in [3.05, 3.63) is 63.9 Å². The van der Waals surface area contributed by atoms with Crippen molar-refractivity contribution in [2.45, 2.75) is 18.8 Å². The molecule has 1 heterocycles. The zero-order chi connectivity index (χ0) is 15.5. The molecule has 2 aromatic rings. The van der Waals surface area contributed by atoms with Gasteiger partial charge in [0.05, 0.1) is 10.0 Å². The maximum absolute atomic E-state index is 12.1. The first kappa shape index (κ1) is 15.3. The van der Waals surface area contributed by atoms with Gasteiger partial charge in [0.2, 0.25) is 5.91 Å². The normalized spacial score (nSPS) is 19.7. The molecule has 1 aliphatic carbocycles. The number of halogens is 2. The summed E-state index contributed by atoms with van der Waals surface area (Å²) < 4.78 is 0. The zero-order valence-corrected chi connectivity index (χ0v) is 13.4. The van der Waals surface area contributed by atoms with Crippen molar-refractivity contribution in [2.24, 2.45) is 5.92 Å². The molecule has 0 bridgehead atoms. The summed E-state index contributed by atoms with van der Waals surface area (Å²) >= 11 is 11.9. The highest BCUT2D eigenvalue weighted by atomic mass is 35.5. The monoisotopic (exact) mass is 334 g/mol. The molecule has 0 unspecified atom stereocenters. The van der Waals surface area contributed by atoms with Crippen molar-refractivity contribution in [1.82, 2.24) is 10.3 Å². The van der Waals surface area contributed by atoms with Crippen LogP contribution in [0, 0.1) is 5.92 Å². The molecule has 0 spiro atoms. The molecule has 1 fully saturated rings. The van der Waals surface area contributed by atoms with E-state index in [1.807, 2.05) is 24.3 Å². The third-order valence-corrected chi connectivity index (χ3v) is 4.70. The Bertz CT molecular complexity index is 676. The van der Waals surface area contributed by atoms with E-state index in [2.05, 4.69) is 10.3 Å². The lowest BCUT2D eigenvalue weighted by Gasteiger charge is -2.06. The number of rotatable bonds is 5. The largest absolute Gasteiger partial charge is 0.356 e. The summed E-state index contributed by atoms with van der Waals surface area (Å²) in [5, 5.41) is 4.09. The summed E-state index contributed by atoms with van der Waals surface area (Å²) in [4.78, 5) is 16.1. The smallest absolute Gasteiger partial charge is 0.223 e. The number of aromatic nitrogens is 1. The summed E-state index contributed by atoms with van der Waals surface area (Å²) in [6, 6.07) is 9.52. The molecule has 3 rings (SSSR count). The Kier molecular flexibility index (Phi) is 4.65. The molecule has 1 aromatic heterocycles. The van der Waals surface area contributed by atoms with Gasteiger partial charge in [-0.25, -0.2) is 0 Å². The van der Waals surface area contributed by atoms with Gasteiger partial charge in [0.25, 0.3) is 0 Å². The number of nitrogens with zero attached hydrogens (tertiary/aromatic N) is 1. The van der Waals surface area contributed by atoms with Gasteiger partial charge in [0, 0.05) is 24.9 Å². The number of nitrogens with one attached hydrogen (secondary N) is 1. The fraction of sp³-hybridized carbons (Fsp3) is 0.294. The lowest BCUT2D eigenvalue weighted by Crippen LogP contribution is -2.27. The second kappa shape index (κ2) is 6.67. The second-order valence-electron chi connectivity index (χ2n) is 5.52. The van der Waals surface area contributed by atoms with Gasteiger partial charge < -0.3 is 5.32 Å². The number of hydrogen-bond donors (Lipinski definition) is 1. The summed E-state index contributed by atoms with van der Waals surface area (Å²) in [5.74, 6) is 0.426. The highest BCUT2D eigenvalue weighted by molar-refractivity contribution is 6.42. The number of benzene rings is 1. The van der Waals surface area contributed by atoms with Crippen molar-refractivity contribution in [1.29, 1.82) is 0 Å². The molecule has 3 nitrogen and oxygen atoms in total. The van der Waals surface area contributed by atoms with E-state index >= 15 is 0 Å². The molecule has 5 heteroatoms. The molecule has 114 valence electrons. The van der Waals surface area contributed by atoms with Crippen molar-refractivity contribution in [2.75, 3.05) is 6.54 Å². The van der Waals surface area contributed by atoms with Gasteiger partial charge in [-0.05, 0) is 54.2 Å².